The predicted octanol–water partition coefficient (Wildman–Crippen LogP) is 5.42. The maximum absolute atomic E-state index is 11.9. The van der Waals surface area contributed by atoms with Gasteiger partial charge in [-0.1, -0.05) is 41.7 Å². The van der Waals surface area contributed by atoms with Gasteiger partial charge in [0, 0.05) is 60.3 Å². The van der Waals surface area contributed by atoms with Crippen LogP contribution >= 0.6 is 34.8 Å². The molecule has 2 aromatic rings. The summed E-state index contributed by atoms with van der Waals surface area (Å²) in [6, 6.07) is 9.23. The summed E-state index contributed by atoms with van der Waals surface area (Å²) in [6.07, 6.45) is 1.38. The molecule has 0 aromatic heterocycles. The van der Waals surface area contributed by atoms with Crippen LogP contribution in [0.1, 0.15) is 18.9 Å². The molecule has 0 N–H and O–H groups in total. The van der Waals surface area contributed by atoms with E-state index in [1.165, 1.54) is 0 Å². The number of hydrogen-bond acceptors (Lipinski definition) is 3. The van der Waals surface area contributed by atoms with Crippen molar-refractivity contribution in [3.63, 3.8) is 0 Å². The average Bonchev–Trinajstić information content (AvgIpc) is 2.74. The van der Waals surface area contributed by atoms with Crippen LogP contribution in [0.25, 0.3) is 11.1 Å². The summed E-state index contributed by atoms with van der Waals surface area (Å²) in [7, 11) is 1.65. The molecule has 1 aliphatic rings. The van der Waals surface area contributed by atoms with Crippen molar-refractivity contribution < 1.29 is 9.53 Å². The summed E-state index contributed by atoms with van der Waals surface area (Å²) < 4.78 is 5.56. The van der Waals surface area contributed by atoms with E-state index in [0.717, 1.165) is 61.6 Å². The fraction of sp³-hybridized carbons (Fsp3) is 0.409. The number of carbonyl (C=O) groups is 1. The van der Waals surface area contributed by atoms with E-state index in [1.54, 1.807) is 19.2 Å². The Bertz CT molecular complexity index is 881. The van der Waals surface area contributed by atoms with Crippen LogP contribution in [-0.4, -0.2) is 55.5 Å². The van der Waals surface area contributed by atoms with Gasteiger partial charge in [0.25, 0.3) is 0 Å². The first-order valence-electron chi connectivity index (χ1n) is 9.75. The lowest BCUT2D eigenvalue weighted by atomic mass is 10.00. The molecule has 3 rings (SSSR count). The molecule has 1 fully saturated rings. The summed E-state index contributed by atoms with van der Waals surface area (Å²) in [5.74, 6) is 0.990. The maximum Gasteiger partial charge on any atom is 0.222 e. The van der Waals surface area contributed by atoms with Gasteiger partial charge in [-0.15, -0.1) is 0 Å². The normalized spacial score (nSPS) is 14.9. The molecule has 0 spiro atoms. The molecular weight excluding hydrogens is 431 g/mol. The SMILES string of the molecule is CCC(=O)N1CCN(CCc2cc(-c3cc(Cl)ccc3Cl)c(Cl)cc2OC)CC1. The van der Waals surface area contributed by atoms with Crippen molar-refractivity contribution in [2.45, 2.75) is 19.8 Å². The molecule has 0 radical (unpaired) electrons. The molecule has 2 aromatic carbocycles. The van der Waals surface area contributed by atoms with Gasteiger partial charge in [-0.3, -0.25) is 9.69 Å². The van der Waals surface area contributed by atoms with Crippen LogP contribution in [0.2, 0.25) is 15.1 Å². The van der Waals surface area contributed by atoms with Crippen LogP contribution in [0.5, 0.6) is 5.75 Å². The Labute approximate surface area is 187 Å². The van der Waals surface area contributed by atoms with Gasteiger partial charge < -0.3 is 9.64 Å². The quantitative estimate of drug-likeness (QED) is 0.583. The van der Waals surface area contributed by atoms with Crippen LogP contribution in [-0.2, 0) is 11.2 Å². The van der Waals surface area contributed by atoms with E-state index in [4.69, 9.17) is 39.5 Å². The highest BCUT2D eigenvalue weighted by Crippen LogP contribution is 2.38. The summed E-state index contributed by atoms with van der Waals surface area (Å²) in [5.41, 5.74) is 2.71. The van der Waals surface area contributed by atoms with Gasteiger partial charge in [0.2, 0.25) is 5.91 Å². The van der Waals surface area contributed by atoms with Crippen molar-refractivity contribution in [2.75, 3.05) is 39.8 Å². The first-order chi connectivity index (χ1) is 13.9. The Morgan fingerprint density at radius 1 is 1.00 bits per heavy atom. The molecule has 0 unspecified atom stereocenters. The molecular formula is C22H25Cl3N2O2. The third kappa shape index (κ3) is 5.37. The second-order valence-corrected chi connectivity index (χ2v) is 8.34. The molecule has 29 heavy (non-hydrogen) atoms. The van der Waals surface area contributed by atoms with Crippen LogP contribution in [0.4, 0.5) is 0 Å². The first-order valence-corrected chi connectivity index (χ1v) is 10.9. The molecule has 1 saturated heterocycles. The van der Waals surface area contributed by atoms with Gasteiger partial charge >= 0.3 is 0 Å². The number of carbonyl (C=O) groups excluding carboxylic acids is 1. The van der Waals surface area contributed by atoms with Crippen LogP contribution in [0.3, 0.4) is 0 Å². The molecule has 4 nitrogen and oxygen atoms in total. The van der Waals surface area contributed by atoms with Crippen molar-refractivity contribution in [1.82, 2.24) is 9.80 Å². The van der Waals surface area contributed by atoms with Gasteiger partial charge in [0.05, 0.1) is 12.1 Å². The van der Waals surface area contributed by atoms with Crippen molar-refractivity contribution in [3.8, 4) is 16.9 Å². The standard InChI is InChI=1S/C22H25Cl3N2O2/c1-3-22(28)27-10-8-26(9-11-27)7-6-15-12-17(20(25)14-21(15)29-2)18-13-16(23)4-5-19(18)24/h4-5,12-14H,3,6-11H2,1-2H3. The first kappa shape index (κ1) is 22.2. The Hall–Kier alpha value is -1.46. The fourth-order valence-corrected chi connectivity index (χ4v) is 4.27. The summed E-state index contributed by atoms with van der Waals surface area (Å²) in [5, 5.41) is 1.78. The minimum absolute atomic E-state index is 0.229. The molecule has 1 aliphatic heterocycles. The van der Waals surface area contributed by atoms with Crippen molar-refractivity contribution in [2.24, 2.45) is 0 Å². The highest BCUT2D eigenvalue weighted by atomic mass is 35.5. The van der Waals surface area contributed by atoms with Crippen LogP contribution in [0, 0.1) is 0 Å². The summed E-state index contributed by atoms with van der Waals surface area (Å²) in [4.78, 5) is 16.2. The zero-order chi connectivity index (χ0) is 21.0. The number of piperazine rings is 1. The van der Waals surface area contributed by atoms with E-state index >= 15 is 0 Å². The molecule has 0 bridgehead atoms. The van der Waals surface area contributed by atoms with Gasteiger partial charge in [-0.05, 0) is 42.3 Å². The third-order valence-corrected chi connectivity index (χ3v) is 6.19. The zero-order valence-corrected chi connectivity index (χ0v) is 18.9. The topological polar surface area (TPSA) is 32.8 Å². The average molecular weight is 456 g/mol. The number of methoxy groups -OCH3 is 1. The van der Waals surface area contributed by atoms with E-state index in [2.05, 4.69) is 4.90 Å². The highest BCUT2D eigenvalue weighted by molar-refractivity contribution is 6.37. The summed E-state index contributed by atoms with van der Waals surface area (Å²) >= 11 is 19.1. The lowest BCUT2D eigenvalue weighted by Gasteiger charge is -2.34. The predicted molar refractivity (Wildman–Crippen MR) is 120 cm³/mol. The Kier molecular flexibility index (Phi) is 7.69. The monoisotopic (exact) mass is 454 g/mol. The van der Waals surface area contributed by atoms with Gasteiger partial charge in [-0.2, -0.15) is 0 Å². The second-order valence-electron chi connectivity index (χ2n) is 7.09. The van der Waals surface area contributed by atoms with Crippen molar-refractivity contribution >= 4 is 40.7 Å². The van der Waals surface area contributed by atoms with E-state index in [9.17, 15) is 4.79 Å². The van der Waals surface area contributed by atoms with Crippen LogP contribution in [0.15, 0.2) is 30.3 Å². The smallest absolute Gasteiger partial charge is 0.222 e. The number of nitrogens with zero attached hydrogens (tertiary/aromatic N) is 2. The van der Waals surface area contributed by atoms with E-state index < -0.39 is 0 Å². The molecule has 1 heterocycles. The highest BCUT2D eigenvalue weighted by Gasteiger charge is 2.20. The lowest BCUT2D eigenvalue weighted by molar-refractivity contribution is -0.132. The van der Waals surface area contributed by atoms with E-state index in [0.29, 0.717) is 21.5 Å². The molecule has 1 amide bonds. The Morgan fingerprint density at radius 3 is 2.34 bits per heavy atom. The summed E-state index contributed by atoms with van der Waals surface area (Å²) in [6.45, 7) is 6.13. The Balaban J connectivity index is 1.75. The van der Waals surface area contributed by atoms with Crippen molar-refractivity contribution in [1.29, 1.82) is 0 Å². The molecule has 0 aliphatic carbocycles. The fourth-order valence-electron chi connectivity index (χ4n) is 3.62. The number of ether oxygens (including phenoxy) is 1. The molecule has 156 valence electrons. The third-order valence-electron chi connectivity index (χ3n) is 5.31. The molecule has 7 heteroatoms. The number of hydrogen-bond donors (Lipinski definition) is 0. The van der Waals surface area contributed by atoms with E-state index in [-0.39, 0.29) is 5.91 Å². The minimum Gasteiger partial charge on any atom is -0.496 e. The number of amides is 1. The largest absolute Gasteiger partial charge is 0.496 e. The van der Waals surface area contributed by atoms with Crippen molar-refractivity contribution in [3.05, 3.63) is 51.0 Å². The van der Waals surface area contributed by atoms with Crippen LogP contribution < -0.4 is 4.74 Å². The van der Waals surface area contributed by atoms with E-state index in [1.807, 2.05) is 30.0 Å². The van der Waals surface area contributed by atoms with Gasteiger partial charge in [-0.25, -0.2) is 0 Å². The number of rotatable bonds is 6. The Morgan fingerprint density at radius 2 is 1.69 bits per heavy atom. The maximum atomic E-state index is 11.9. The number of halogens is 3. The number of benzene rings is 2. The minimum atomic E-state index is 0.229. The van der Waals surface area contributed by atoms with Gasteiger partial charge in [0.1, 0.15) is 5.75 Å². The molecule has 0 saturated carbocycles. The lowest BCUT2D eigenvalue weighted by Crippen LogP contribution is -2.48. The van der Waals surface area contributed by atoms with Gasteiger partial charge in [0.15, 0.2) is 0 Å². The zero-order valence-electron chi connectivity index (χ0n) is 16.7. The molecule has 0 atom stereocenters. The second kappa shape index (κ2) is 10.0.